The van der Waals surface area contributed by atoms with Gasteiger partial charge in [0.05, 0.1) is 0 Å². The van der Waals surface area contributed by atoms with E-state index in [4.69, 9.17) is 0 Å². The van der Waals surface area contributed by atoms with E-state index in [1.54, 1.807) is 5.92 Å². The molecule has 1 rings (SSSR count). The van der Waals surface area contributed by atoms with Crippen molar-refractivity contribution >= 4 is 0 Å². The van der Waals surface area contributed by atoms with E-state index in [1.807, 2.05) is 0 Å². The fraction of sp³-hybridized carbons (Fsp3) is 0.923. The second kappa shape index (κ2) is 5.67. The Morgan fingerprint density at radius 3 is 2.08 bits per heavy atom. The lowest BCUT2D eigenvalue weighted by molar-refractivity contribution is 0.262. The third-order valence-corrected chi connectivity index (χ3v) is 3.91. The number of rotatable bonds is 4. The highest BCUT2D eigenvalue weighted by molar-refractivity contribution is 4.95. The molecule has 0 aromatic carbocycles. The standard InChI is InChI=1S/C13H25/c1-4-12(5-2)11(3)13-9-7-6-8-10-13/h11,13H,4-10H2,1-3H3. The zero-order valence-corrected chi connectivity index (χ0v) is 9.60. The number of hydrogen-bond acceptors (Lipinski definition) is 0. The smallest absolute Gasteiger partial charge is 0.0215 e. The van der Waals surface area contributed by atoms with Gasteiger partial charge in [0, 0.05) is 0 Å². The van der Waals surface area contributed by atoms with E-state index in [9.17, 15) is 0 Å². The number of hydrogen-bond donors (Lipinski definition) is 0. The molecule has 0 amide bonds. The third kappa shape index (κ3) is 3.00. The van der Waals surface area contributed by atoms with Gasteiger partial charge in [0.15, 0.2) is 0 Å². The van der Waals surface area contributed by atoms with Crippen LogP contribution >= 0.6 is 0 Å². The Bertz CT molecular complexity index is 118. The molecule has 1 radical (unpaired) electrons. The van der Waals surface area contributed by atoms with Crippen molar-refractivity contribution < 1.29 is 0 Å². The van der Waals surface area contributed by atoms with Crippen LogP contribution in [0.3, 0.4) is 0 Å². The van der Waals surface area contributed by atoms with Crippen molar-refractivity contribution in [1.29, 1.82) is 0 Å². The van der Waals surface area contributed by atoms with Crippen LogP contribution in [0.5, 0.6) is 0 Å². The molecule has 0 aromatic heterocycles. The van der Waals surface area contributed by atoms with Crippen molar-refractivity contribution in [1.82, 2.24) is 0 Å². The van der Waals surface area contributed by atoms with E-state index in [0.717, 1.165) is 11.8 Å². The second-order valence-corrected chi connectivity index (χ2v) is 4.55. The molecule has 1 fully saturated rings. The third-order valence-electron chi connectivity index (χ3n) is 3.91. The normalized spacial score (nSPS) is 22.2. The van der Waals surface area contributed by atoms with Crippen LogP contribution in [-0.2, 0) is 0 Å². The van der Waals surface area contributed by atoms with Crippen LogP contribution in [0.15, 0.2) is 0 Å². The molecule has 0 bridgehead atoms. The molecule has 1 atom stereocenters. The largest absolute Gasteiger partial charge is 0.0648 e. The molecule has 1 unspecified atom stereocenters. The summed E-state index contributed by atoms with van der Waals surface area (Å²) in [5, 5.41) is 0. The Labute approximate surface area is 84.1 Å². The molecule has 0 N–H and O–H groups in total. The van der Waals surface area contributed by atoms with Gasteiger partial charge in [0.2, 0.25) is 0 Å². The molecule has 1 aliphatic carbocycles. The maximum absolute atomic E-state index is 2.46. The topological polar surface area (TPSA) is 0 Å². The van der Waals surface area contributed by atoms with E-state index in [1.165, 1.54) is 44.9 Å². The molecule has 0 aliphatic heterocycles. The molecule has 0 aromatic rings. The van der Waals surface area contributed by atoms with Crippen molar-refractivity contribution in [3.8, 4) is 0 Å². The van der Waals surface area contributed by atoms with E-state index in [0.29, 0.717) is 0 Å². The van der Waals surface area contributed by atoms with Gasteiger partial charge in [-0.15, -0.1) is 0 Å². The Morgan fingerprint density at radius 2 is 1.62 bits per heavy atom. The van der Waals surface area contributed by atoms with Gasteiger partial charge in [-0.1, -0.05) is 52.9 Å². The Balaban J connectivity index is 2.38. The van der Waals surface area contributed by atoms with Crippen LogP contribution < -0.4 is 0 Å². The van der Waals surface area contributed by atoms with E-state index < -0.39 is 0 Å². The van der Waals surface area contributed by atoms with Gasteiger partial charge >= 0.3 is 0 Å². The van der Waals surface area contributed by atoms with Crippen molar-refractivity contribution in [3.63, 3.8) is 0 Å². The van der Waals surface area contributed by atoms with Crippen molar-refractivity contribution in [2.75, 3.05) is 0 Å². The highest BCUT2D eigenvalue weighted by Gasteiger charge is 2.24. The van der Waals surface area contributed by atoms with Gasteiger partial charge in [0.25, 0.3) is 0 Å². The lowest BCUT2D eigenvalue weighted by Gasteiger charge is -2.32. The quantitative estimate of drug-likeness (QED) is 0.594. The molecular weight excluding hydrogens is 156 g/mol. The average molecular weight is 181 g/mol. The predicted molar refractivity (Wildman–Crippen MR) is 59.6 cm³/mol. The van der Waals surface area contributed by atoms with Crippen LogP contribution in [0, 0.1) is 17.8 Å². The summed E-state index contributed by atoms with van der Waals surface area (Å²) < 4.78 is 0. The van der Waals surface area contributed by atoms with Gasteiger partial charge < -0.3 is 0 Å². The monoisotopic (exact) mass is 181 g/mol. The summed E-state index contributed by atoms with van der Waals surface area (Å²) in [6.07, 6.45) is 10.0. The van der Waals surface area contributed by atoms with Crippen LogP contribution in [-0.4, -0.2) is 0 Å². The molecule has 0 heteroatoms. The van der Waals surface area contributed by atoms with Gasteiger partial charge in [-0.05, 0) is 30.6 Å². The summed E-state index contributed by atoms with van der Waals surface area (Å²) in [5.74, 6) is 3.71. The lowest BCUT2D eigenvalue weighted by atomic mass is 9.73. The average Bonchev–Trinajstić information content (AvgIpc) is 2.21. The van der Waals surface area contributed by atoms with Crippen LogP contribution in [0.4, 0.5) is 0 Å². The summed E-state index contributed by atoms with van der Waals surface area (Å²) in [4.78, 5) is 0. The van der Waals surface area contributed by atoms with E-state index >= 15 is 0 Å². The molecule has 77 valence electrons. The van der Waals surface area contributed by atoms with Crippen molar-refractivity contribution in [2.45, 2.75) is 65.7 Å². The summed E-state index contributed by atoms with van der Waals surface area (Å²) in [6.45, 7) is 7.09. The Morgan fingerprint density at radius 1 is 1.08 bits per heavy atom. The molecule has 13 heavy (non-hydrogen) atoms. The highest BCUT2D eigenvalue weighted by Crippen LogP contribution is 2.36. The van der Waals surface area contributed by atoms with E-state index in [-0.39, 0.29) is 0 Å². The lowest BCUT2D eigenvalue weighted by Crippen LogP contribution is -2.21. The molecule has 0 saturated heterocycles. The van der Waals surface area contributed by atoms with Gasteiger partial charge in [0.1, 0.15) is 0 Å². The van der Waals surface area contributed by atoms with Crippen LogP contribution in [0.1, 0.15) is 65.7 Å². The molecule has 1 aliphatic rings. The minimum atomic E-state index is 0.898. The minimum absolute atomic E-state index is 0.898. The van der Waals surface area contributed by atoms with Crippen LogP contribution in [0.2, 0.25) is 0 Å². The van der Waals surface area contributed by atoms with Gasteiger partial charge in [-0.2, -0.15) is 0 Å². The summed E-state index contributed by atoms with van der Waals surface area (Å²) in [7, 11) is 0. The zero-order chi connectivity index (χ0) is 9.68. The highest BCUT2D eigenvalue weighted by atomic mass is 14.3. The Hall–Kier alpha value is 0. The first kappa shape index (κ1) is 11.1. The minimum Gasteiger partial charge on any atom is -0.0648 e. The molecule has 0 heterocycles. The van der Waals surface area contributed by atoms with E-state index in [2.05, 4.69) is 20.8 Å². The van der Waals surface area contributed by atoms with Gasteiger partial charge in [-0.3, -0.25) is 0 Å². The molecule has 1 saturated carbocycles. The molecular formula is C13H25. The fourth-order valence-electron chi connectivity index (χ4n) is 2.86. The Kier molecular flexibility index (Phi) is 4.83. The van der Waals surface area contributed by atoms with Gasteiger partial charge in [-0.25, -0.2) is 0 Å². The zero-order valence-electron chi connectivity index (χ0n) is 9.60. The molecule has 0 spiro atoms. The van der Waals surface area contributed by atoms with Crippen LogP contribution in [0.25, 0.3) is 0 Å². The summed E-state index contributed by atoms with van der Waals surface area (Å²) >= 11 is 0. The van der Waals surface area contributed by atoms with Crippen molar-refractivity contribution in [3.05, 3.63) is 5.92 Å². The first-order chi connectivity index (χ1) is 6.29. The molecule has 0 nitrogen and oxygen atoms in total. The predicted octanol–water partition coefficient (Wildman–Crippen LogP) is 4.60. The first-order valence-corrected chi connectivity index (χ1v) is 6.14. The fourth-order valence-corrected chi connectivity index (χ4v) is 2.86. The first-order valence-electron chi connectivity index (χ1n) is 6.14. The van der Waals surface area contributed by atoms with Crippen molar-refractivity contribution in [2.24, 2.45) is 11.8 Å². The second-order valence-electron chi connectivity index (χ2n) is 4.55. The maximum Gasteiger partial charge on any atom is -0.0215 e. The maximum atomic E-state index is 2.46. The summed E-state index contributed by atoms with van der Waals surface area (Å²) in [5.41, 5.74) is 0. The summed E-state index contributed by atoms with van der Waals surface area (Å²) in [6, 6.07) is 0. The SMILES string of the molecule is CC[C](CC)C(C)C1CCCCC1.